The molecule has 1 fully saturated rings. The van der Waals surface area contributed by atoms with Crippen molar-refractivity contribution < 1.29 is 9.47 Å². The van der Waals surface area contributed by atoms with Gasteiger partial charge in [0.25, 0.3) is 0 Å². The summed E-state index contributed by atoms with van der Waals surface area (Å²) >= 11 is 0. The summed E-state index contributed by atoms with van der Waals surface area (Å²) in [6, 6.07) is 11.0. The fourth-order valence-electron chi connectivity index (χ4n) is 3.44. The van der Waals surface area contributed by atoms with E-state index in [9.17, 15) is 0 Å². The zero-order chi connectivity index (χ0) is 20.0. The maximum atomic E-state index is 5.74. The van der Waals surface area contributed by atoms with Crippen molar-refractivity contribution in [2.24, 2.45) is 10.9 Å². The largest absolute Gasteiger partial charge is 0.381 e. The molecular formula is C22H39IN4O2. The molecule has 1 saturated heterocycles. The van der Waals surface area contributed by atoms with E-state index in [0.717, 1.165) is 71.4 Å². The zero-order valence-electron chi connectivity index (χ0n) is 18.2. The maximum Gasteiger partial charge on any atom is 0.191 e. The molecule has 1 atom stereocenters. The number of benzene rings is 1. The first-order chi connectivity index (χ1) is 13.7. The summed E-state index contributed by atoms with van der Waals surface area (Å²) in [6.45, 7) is 11.5. The lowest BCUT2D eigenvalue weighted by Gasteiger charge is -2.37. The number of nitrogens with zero attached hydrogens (tertiary/aromatic N) is 2. The number of hydrogen-bond acceptors (Lipinski definition) is 4. The Bertz CT molecular complexity index is 551. The van der Waals surface area contributed by atoms with Crippen LogP contribution in [0.25, 0.3) is 0 Å². The highest BCUT2D eigenvalue weighted by Crippen LogP contribution is 2.12. The number of ether oxygens (including phenoxy) is 2. The van der Waals surface area contributed by atoms with Crippen LogP contribution in [0.2, 0.25) is 0 Å². The van der Waals surface area contributed by atoms with E-state index in [4.69, 9.17) is 9.47 Å². The number of nitrogens with one attached hydrogen (secondary N) is 2. The van der Waals surface area contributed by atoms with Gasteiger partial charge in [-0.25, -0.2) is 0 Å². The molecule has 0 bridgehead atoms. The second-order valence-corrected chi connectivity index (χ2v) is 7.54. The number of guanidine groups is 1. The van der Waals surface area contributed by atoms with Crippen molar-refractivity contribution in [3.05, 3.63) is 35.9 Å². The van der Waals surface area contributed by atoms with E-state index in [2.05, 4.69) is 58.6 Å². The molecular weight excluding hydrogens is 479 g/mol. The van der Waals surface area contributed by atoms with Crippen LogP contribution in [0.3, 0.4) is 0 Å². The second kappa shape index (κ2) is 15.9. The van der Waals surface area contributed by atoms with Crippen LogP contribution in [-0.4, -0.2) is 76.6 Å². The van der Waals surface area contributed by atoms with Crippen molar-refractivity contribution in [1.82, 2.24) is 15.5 Å². The Morgan fingerprint density at radius 3 is 2.52 bits per heavy atom. The van der Waals surface area contributed by atoms with Gasteiger partial charge in [0, 0.05) is 45.9 Å². The zero-order valence-corrected chi connectivity index (χ0v) is 20.6. The highest BCUT2D eigenvalue weighted by Gasteiger charge is 2.23. The standard InChI is InChI=1S/C22H38N4O2.HI/c1-19(2)21(26-12-16-28-17-13-26)18-25-22(23-3)24-11-7-14-27-15-10-20-8-5-4-6-9-20;/h4-6,8-9,19,21H,7,10-18H2,1-3H3,(H2,23,24,25);1H. The third-order valence-corrected chi connectivity index (χ3v) is 5.12. The van der Waals surface area contributed by atoms with Gasteiger partial charge in [0.05, 0.1) is 19.8 Å². The third-order valence-electron chi connectivity index (χ3n) is 5.12. The molecule has 0 aromatic heterocycles. The van der Waals surface area contributed by atoms with E-state index in [1.807, 2.05) is 13.1 Å². The van der Waals surface area contributed by atoms with Gasteiger partial charge in [-0.3, -0.25) is 9.89 Å². The lowest BCUT2D eigenvalue weighted by molar-refractivity contribution is 0.00752. The van der Waals surface area contributed by atoms with E-state index in [1.54, 1.807) is 0 Å². The first-order valence-electron chi connectivity index (χ1n) is 10.6. The normalized spacial score (nSPS) is 16.3. The Labute approximate surface area is 193 Å². The van der Waals surface area contributed by atoms with Crippen molar-refractivity contribution >= 4 is 29.9 Å². The van der Waals surface area contributed by atoms with Crippen LogP contribution in [0.15, 0.2) is 35.3 Å². The molecule has 1 aromatic carbocycles. The topological polar surface area (TPSA) is 58.1 Å². The van der Waals surface area contributed by atoms with E-state index in [1.165, 1.54) is 5.56 Å². The molecule has 2 N–H and O–H groups in total. The van der Waals surface area contributed by atoms with E-state index < -0.39 is 0 Å². The van der Waals surface area contributed by atoms with Gasteiger partial charge in [0.2, 0.25) is 0 Å². The number of morpholine rings is 1. The molecule has 2 rings (SSSR count). The van der Waals surface area contributed by atoms with E-state index in [-0.39, 0.29) is 24.0 Å². The Morgan fingerprint density at radius 1 is 1.14 bits per heavy atom. The Balaban J connectivity index is 0.00000420. The molecule has 0 amide bonds. The minimum atomic E-state index is 0. The number of rotatable bonds is 11. The monoisotopic (exact) mass is 518 g/mol. The summed E-state index contributed by atoms with van der Waals surface area (Å²) in [5, 5.41) is 6.88. The van der Waals surface area contributed by atoms with Crippen LogP contribution in [-0.2, 0) is 15.9 Å². The van der Waals surface area contributed by atoms with Gasteiger partial charge in [-0.05, 0) is 24.3 Å². The molecule has 1 aliphatic rings. The predicted octanol–water partition coefficient (Wildman–Crippen LogP) is 2.78. The van der Waals surface area contributed by atoms with Crippen LogP contribution in [0, 0.1) is 5.92 Å². The summed E-state index contributed by atoms with van der Waals surface area (Å²) in [4.78, 5) is 6.87. The molecule has 7 heteroatoms. The smallest absolute Gasteiger partial charge is 0.191 e. The van der Waals surface area contributed by atoms with Crippen molar-refractivity contribution in [2.45, 2.75) is 32.7 Å². The molecule has 166 valence electrons. The SMILES string of the molecule is CN=C(NCCCOCCc1ccccc1)NCC(C(C)C)N1CCOCC1.I. The lowest BCUT2D eigenvalue weighted by atomic mass is 10.0. The van der Waals surface area contributed by atoms with Crippen LogP contribution in [0.1, 0.15) is 25.8 Å². The average Bonchev–Trinajstić information content (AvgIpc) is 2.73. The predicted molar refractivity (Wildman–Crippen MR) is 131 cm³/mol. The minimum Gasteiger partial charge on any atom is -0.381 e. The third kappa shape index (κ3) is 10.6. The number of halogens is 1. The quantitative estimate of drug-likeness (QED) is 0.204. The molecule has 0 radical (unpaired) electrons. The van der Waals surface area contributed by atoms with Crippen LogP contribution in [0.5, 0.6) is 0 Å². The van der Waals surface area contributed by atoms with Crippen LogP contribution >= 0.6 is 24.0 Å². The molecule has 6 nitrogen and oxygen atoms in total. The number of aliphatic imine (C=N–C) groups is 1. The van der Waals surface area contributed by atoms with Gasteiger partial charge in [-0.1, -0.05) is 44.2 Å². The average molecular weight is 518 g/mol. The number of hydrogen-bond donors (Lipinski definition) is 2. The van der Waals surface area contributed by atoms with Gasteiger partial charge in [-0.15, -0.1) is 24.0 Å². The molecule has 1 aliphatic heterocycles. The van der Waals surface area contributed by atoms with Crippen molar-refractivity contribution in [1.29, 1.82) is 0 Å². The fourth-order valence-corrected chi connectivity index (χ4v) is 3.44. The van der Waals surface area contributed by atoms with Gasteiger partial charge in [0.1, 0.15) is 0 Å². The summed E-state index contributed by atoms with van der Waals surface area (Å²) in [7, 11) is 1.82. The van der Waals surface area contributed by atoms with E-state index in [0.29, 0.717) is 12.0 Å². The molecule has 1 heterocycles. The Morgan fingerprint density at radius 2 is 1.86 bits per heavy atom. The fraction of sp³-hybridized carbons (Fsp3) is 0.682. The lowest BCUT2D eigenvalue weighted by Crippen LogP contribution is -2.52. The molecule has 0 aliphatic carbocycles. The first-order valence-corrected chi connectivity index (χ1v) is 10.6. The summed E-state index contributed by atoms with van der Waals surface area (Å²) in [5.41, 5.74) is 1.32. The highest BCUT2D eigenvalue weighted by molar-refractivity contribution is 14.0. The van der Waals surface area contributed by atoms with Crippen LogP contribution < -0.4 is 10.6 Å². The molecule has 0 saturated carbocycles. The van der Waals surface area contributed by atoms with Crippen LogP contribution in [0.4, 0.5) is 0 Å². The second-order valence-electron chi connectivity index (χ2n) is 7.54. The Kier molecular flexibility index (Phi) is 14.3. The maximum absolute atomic E-state index is 5.74. The van der Waals surface area contributed by atoms with E-state index >= 15 is 0 Å². The van der Waals surface area contributed by atoms with Gasteiger partial charge < -0.3 is 20.1 Å². The molecule has 0 spiro atoms. The highest BCUT2D eigenvalue weighted by atomic mass is 127. The molecule has 1 unspecified atom stereocenters. The summed E-state index contributed by atoms with van der Waals surface area (Å²) in [6.07, 6.45) is 1.93. The van der Waals surface area contributed by atoms with Gasteiger partial charge in [0.15, 0.2) is 5.96 Å². The van der Waals surface area contributed by atoms with Crippen molar-refractivity contribution in [3.8, 4) is 0 Å². The minimum absolute atomic E-state index is 0. The molecule has 1 aromatic rings. The molecule has 29 heavy (non-hydrogen) atoms. The van der Waals surface area contributed by atoms with Gasteiger partial charge in [-0.2, -0.15) is 0 Å². The summed E-state index contributed by atoms with van der Waals surface area (Å²) < 4.78 is 11.2. The first kappa shape index (κ1) is 26.1. The van der Waals surface area contributed by atoms with Gasteiger partial charge >= 0.3 is 0 Å². The summed E-state index contributed by atoms with van der Waals surface area (Å²) in [5.74, 6) is 1.45. The van der Waals surface area contributed by atoms with Crippen molar-refractivity contribution in [2.75, 3.05) is 59.7 Å². The Hall–Kier alpha value is -0.900. The van der Waals surface area contributed by atoms with Crippen molar-refractivity contribution in [3.63, 3.8) is 0 Å².